The Kier molecular flexibility index (Phi) is 4.94. The number of rotatable bonds is 5. The summed E-state index contributed by atoms with van der Waals surface area (Å²) in [6.45, 7) is 3.74. The Labute approximate surface area is 105 Å². The molecule has 1 aliphatic rings. The fraction of sp³-hybridized carbons (Fsp3) is 0.727. The van der Waals surface area contributed by atoms with Gasteiger partial charge in [0, 0.05) is 19.0 Å². The zero-order chi connectivity index (χ0) is 13.7. The minimum Gasteiger partial charge on any atom is -0.480 e. The Balaban J connectivity index is 2.32. The first kappa shape index (κ1) is 14.3. The van der Waals surface area contributed by atoms with Gasteiger partial charge in [-0.1, -0.05) is 13.8 Å². The Morgan fingerprint density at radius 1 is 1.50 bits per heavy atom. The third-order valence-corrected chi connectivity index (χ3v) is 2.81. The van der Waals surface area contributed by atoms with Crippen LogP contribution in [-0.4, -0.2) is 41.6 Å². The van der Waals surface area contributed by atoms with Crippen LogP contribution in [0.3, 0.4) is 0 Å². The van der Waals surface area contributed by atoms with Crippen molar-refractivity contribution in [2.75, 3.05) is 6.54 Å². The van der Waals surface area contributed by atoms with Crippen LogP contribution < -0.4 is 16.0 Å². The van der Waals surface area contributed by atoms with Gasteiger partial charge in [-0.05, 0) is 12.3 Å². The zero-order valence-corrected chi connectivity index (χ0v) is 10.5. The van der Waals surface area contributed by atoms with Crippen molar-refractivity contribution in [1.82, 2.24) is 16.0 Å². The van der Waals surface area contributed by atoms with Gasteiger partial charge in [0.2, 0.25) is 5.91 Å². The lowest BCUT2D eigenvalue weighted by atomic mass is 10.1. The number of hydrogen-bond acceptors (Lipinski definition) is 3. The van der Waals surface area contributed by atoms with Gasteiger partial charge in [-0.15, -0.1) is 0 Å². The van der Waals surface area contributed by atoms with E-state index in [1.54, 1.807) is 13.8 Å². The van der Waals surface area contributed by atoms with Crippen LogP contribution >= 0.6 is 0 Å². The Bertz CT molecular complexity index is 343. The van der Waals surface area contributed by atoms with E-state index in [1.807, 2.05) is 0 Å². The summed E-state index contributed by atoms with van der Waals surface area (Å²) in [6, 6.07) is -1.51. The maximum atomic E-state index is 11.5. The molecular formula is C11H19N3O4. The smallest absolute Gasteiger partial charge is 0.326 e. The van der Waals surface area contributed by atoms with Gasteiger partial charge < -0.3 is 21.1 Å². The summed E-state index contributed by atoms with van der Waals surface area (Å²) in [7, 11) is 0. The summed E-state index contributed by atoms with van der Waals surface area (Å²) in [5.41, 5.74) is 0. The SMILES string of the molecule is CC(C)[C@@H](NC(=O)NCC1CCC(=O)N1)C(=O)O. The minimum atomic E-state index is -1.06. The van der Waals surface area contributed by atoms with Crippen molar-refractivity contribution in [3.8, 4) is 0 Å². The standard InChI is InChI=1S/C11H19N3O4/c1-6(2)9(10(16)17)14-11(18)12-5-7-3-4-8(15)13-7/h6-7,9H,3-5H2,1-2H3,(H,13,15)(H,16,17)(H2,12,14,18)/t7?,9-/m1/s1. The van der Waals surface area contributed by atoms with E-state index < -0.39 is 18.0 Å². The van der Waals surface area contributed by atoms with Crippen molar-refractivity contribution in [1.29, 1.82) is 0 Å². The summed E-state index contributed by atoms with van der Waals surface area (Å²) in [4.78, 5) is 33.3. The number of carbonyl (C=O) groups excluding carboxylic acids is 2. The highest BCUT2D eigenvalue weighted by atomic mass is 16.4. The third kappa shape index (κ3) is 4.23. The predicted octanol–water partition coefficient (Wildman–Crippen LogP) is -0.327. The molecule has 1 unspecified atom stereocenters. The lowest BCUT2D eigenvalue weighted by molar-refractivity contribution is -0.140. The van der Waals surface area contributed by atoms with Crippen molar-refractivity contribution >= 4 is 17.9 Å². The quantitative estimate of drug-likeness (QED) is 0.541. The summed E-state index contributed by atoms with van der Waals surface area (Å²) >= 11 is 0. The maximum Gasteiger partial charge on any atom is 0.326 e. The van der Waals surface area contributed by atoms with Gasteiger partial charge in [0.25, 0.3) is 0 Å². The fourth-order valence-corrected chi connectivity index (χ4v) is 1.75. The van der Waals surface area contributed by atoms with Gasteiger partial charge in [0.1, 0.15) is 6.04 Å². The molecule has 0 aromatic rings. The molecular weight excluding hydrogens is 238 g/mol. The predicted molar refractivity (Wildman–Crippen MR) is 64.0 cm³/mol. The molecule has 0 spiro atoms. The van der Waals surface area contributed by atoms with Crippen LogP contribution in [-0.2, 0) is 9.59 Å². The molecule has 1 heterocycles. The van der Waals surface area contributed by atoms with Crippen molar-refractivity contribution in [2.45, 2.75) is 38.8 Å². The lowest BCUT2D eigenvalue weighted by Crippen LogP contribution is -2.50. The van der Waals surface area contributed by atoms with E-state index in [0.717, 1.165) is 0 Å². The molecule has 1 saturated heterocycles. The first-order valence-electron chi connectivity index (χ1n) is 5.96. The summed E-state index contributed by atoms with van der Waals surface area (Å²) in [6.07, 6.45) is 1.16. The molecule has 0 saturated carbocycles. The van der Waals surface area contributed by atoms with E-state index in [9.17, 15) is 14.4 Å². The van der Waals surface area contributed by atoms with E-state index in [2.05, 4.69) is 16.0 Å². The molecule has 102 valence electrons. The number of hydrogen-bond donors (Lipinski definition) is 4. The molecule has 1 rings (SSSR count). The normalized spacial score (nSPS) is 20.4. The summed E-state index contributed by atoms with van der Waals surface area (Å²) in [5, 5.41) is 16.6. The van der Waals surface area contributed by atoms with E-state index >= 15 is 0 Å². The second-order valence-electron chi connectivity index (χ2n) is 4.72. The first-order valence-corrected chi connectivity index (χ1v) is 5.96. The second-order valence-corrected chi connectivity index (χ2v) is 4.72. The molecule has 0 radical (unpaired) electrons. The molecule has 1 fully saturated rings. The van der Waals surface area contributed by atoms with Crippen LogP contribution in [0.4, 0.5) is 4.79 Å². The lowest BCUT2D eigenvalue weighted by Gasteiger charge is -2.19. The molecule has 0 bridgehead atoms. The van der Waals surface area contributed by atoms with E-state index in [-0.39, 0.29) is 17.9 Å². The average molecular weight is 257 g/mol. The summed E-state index contributed by atoms with van der Waals surface area (Å²) < 4.78 is 0. The highest BCUT2D eigenvalue weighted by Gasteiger charge is 2.25. The zero-order valence-electron chi connectivity index (χ0n) is 10.5. The highest BCUT2D eigenvalue weighted by molar-refractivity contribution is 5.83. The third-order valence-electron chi connectivity index (χ3n) is 2.81. The van der Waals surface area contributed by atoms with E-state index in [0.29, 0.717) is 19.4 Å². The number of carboxylic acids is 1. The topological polar surface area (TPSA) is 108 Å². The van der Waals surface area contributed by atoms with Gasteiger partial charge in [-0.25, -0.2) is 9.59 Å². The molecule has 18 heavy (non-hydrogen) atoms. The number of carboxylic acid groups (broad SMARTS) is 1. The van der Waals surface area contributed by atoms with Crippen molar-refractivity contribution in [3.05, 3.63) is 0 Å². The van der Waals surface area contributed by atoms with Crippen LogP contribution in [0.5, 0.6) is 0 Å². The molecule has 4 N–H and O–H groups in total. The number of aliphatic carboxylic acids is 1. The highest BCUT2D eigenvalue weighted by Crippen LogP contribution is 2.05. The summed E-state index contributed by atoms with van der Waals surface area (Å²) in [5.74, 6) is -1.28. The van der Waals surface area contributed by atoms with Crippen molar-refractivity contribution < 1.29 is 19.5 Å². The Morgan fingerprint density at radius 2 is 2.17 bits per heavy atom. The largest absolute Gasteiger partial charge is 0.480 e. The molecule has 0 aliphatic carbocycles. The molecule has 1 aliphatic heterocycles. The maximum absolute atomic E-state index is 11.5. The first-order chi connectivity index (χ1) is 8.40. The van der Waals surface area contributed by atoms with Crippen molar-refractivity contribution in [2.24, 2.45) is 5.92 Å². The van der Waals surface area contributed by atoms with Crippen LogP contribution in [0.15, 0.2) is 0 Å². The van der Waals surface area contributed by atoms with Crippen LogP contribution in [0.1, 0.15) is 26.7 Å². The van der Waals surface area contributed by atoms with Gasteiger partial charge in [0.05, 0.1) is 0 Å². The second kappa shape index (κ2) is 6.23. The molecule has 0 aromatic heterocycles. The number of urea groups is 1. The number of carbonyl (C=O) groups is 3. The van der Waals surface area contributed by atoms with E-state index in [1.165, 1.54) is 0 Å². The Hall–Kier alpha value is -1.79. The molecule has 2 atom stereocenters. The van der Waals surface area contributed by atoms with Gasteiger partial charge in [-0.3, -0.25) is 4.79 Å². The monoisotopic (exact) mass is 257 g/mol. The van der Waals surface area contributed by atoms with Crippen molar-refractivity contribution in [3.63, 3.8) is 0 Å². The molecule has 7 nitrogen and oxygen atoms in total. The minimum absolute atomic E-state index is 0.0206. The number of nitrogens with one attached hydrogen (secondary N) is 3. The van der Waals surface area contributed by atoms with E-state index in [4.69, 9.17) is 5.11 Å². The van der Waals surface area contributed by atoms with Gasteiger partial charge >= 0.3 is 12.0 Å². The van der Waals surface area contributed by atoms with Gasteiger partial charge in [-0.2, -0.15) is 0 Å². The van der Waals surface area contributed by atoms with Crippen LogP contribution in [0.2, 0.25) is 0 Å². The molecule has 7 heteroatoms. The Morgan fingerprint density at radius 3 is 2.61 bits per heavy atom. The number of amides is 3. The van der Waals surface area contributed by atoms with Crippen LogP contribution in [0.25, 0.3) is 0 Å². The van der Waals surface area contributed by atoms with Crippen LogP contribution in [0, 0.1) is 5.92 Å². The average Bonchev–Trinajstić information content (AvgIpc) is 2.68. The molecule has 3 amide bonds. The molecule has 0 aromatic carbocycles. The fourth-order valence-electron chi connectivity index (χ4n) is 1.75. The van der Waals surface area contributed by atoms with Gasteiger partial charge in [0.15, 0.2) is 0 Å².